The SMILES string of the molecule is CC1=CC(C)CC(CNCCC(C)O)C1. The quantitative estimate of drug-likeness (QED) is 0.540. The van der Waals surface area contributed by atoms with Crippen LogP contribution in [0, 0.1) is 11.8 Å². The van der Waals surface area contributed by atoms with E-state index < -0.39 is 0 Å². The van der Waals surface area contributed by atoms with E-state index in [1.54, 1.807) is 0 Å². The molecule has 1 rings (SSSR count). The number of hydrogen-bond acceptors (Lipinski definition) is 2. The largest absolute Gasteiger partial charge is 0.393 e. The smallest absolute Gasteiger partial charge is 0.0524 e. The number of hydrogen-bond donors (Lipinski definition) is 2. The summed E-state index contributed by atoms with van der Waals surface area (Å²) >= 11 is 0. The highest BCUT2D eigenvalue weighted by molar-refractivity contribution is 5.06. The van der Waals surface area contributed by atoms with Crippen LogP contribution in [0.4, 0.5) is 0 Å². The van der Waals surface area contributed by atoms with Crippen molar-refractivity contribution in [2.45, 2.75) is 46.1 Å². The van der Waals surface area contributed by atoms with Gasteiger partial charge < -0.3 is 10.4 Å². The molecule has 0 bridgehead atoms. The summed E-state index contributed by atoms with van der Waals surface area (Å²) in [7, 11) is 0. The second-order valence-electron chi connectivity index (χ2n) is 5.14. The van der Waals surface area contributed by atoms with E-state index in [2.05, 4.69) is 25.2 Å². The maximum Gasteiger partial charge on any atom is 0.0524 e. The molecule has 0 aromatic rings. The van der Waals surface area contributed by atoms with E-state index in [4.69, 9.17) is 5.11 Å². The van der Waals surface area contributed by atoms with E-state index in [1.807, 2.05) is 6.92 Å². The molecule has 0 heterocycles. The van der Waals surface area contributed by atoms with Gasteiger partial charge in [0.05, 0.1) is 6.10 Å². The predicted octanol–water partition coefficient (Wildman–Crippen LogP) is 2.34. The molecular weight excluding hydrogens is 186 g/mol. The van der Waals surface area contributed by atoms with Crippen LogP contribution in [-0.2, 0) is 0 Å². The second-order valence-corrected chi connectivity index (χ2v) is 5.14. The van der Waals surface area contributed by atoms with Crippen molar-refractivity contribution in [2.24, 2.45) is 11.8 Å². The number of aliphatic hydroxyl groups is 1. The van der Waals surface area contributed by atoms with Crippen LogP contribution in [0.5, 0.6) is 0 Å². The standard InChI is InChI=1S/C13H25NO/c1-10-6-11(2)8-13(7-10)9-14-5-4-12(3)15/h6,10,12-15H,4-5,7-9H2,1-3H3. The maximum absolute atomic E-state index is 9.12. The fourth-order valence-electron chi connectivity index (χ4n) is 2.46. The lowest BCUT2D eigenvalue weighted by Crippen LogP contribution is -2.28. The van der Waals surface area contributed by atoms with Crippen molar-refractivity contribution in [3.05, 3.63) is 11.6 Å². The predicted molar refractivity (Wildman–Crippen MR) is 64.8 cm³/mol. The van der Waals surface area contributed by atoms with E-state index in [0.29, 0.717) is 0 Å². The summed E-state index contributed by atoms with van der Waals surface area (Å²) in [6.45, 7) is 8.41. The highest BCUT2D eigenvalue weighted by atomic mass is 16.3. The molecule has 2 heteroatoms. The average Bonchev–Trinajstić information content (AvgIpc) is 2.10. The van der Waals surface area contributed by atoms with Crippen LogP contribution in [0.15, 0.2) is 11.6 Å². The van der Waals surface area contributed by atoms with Gasteiger partial charge in [-0.1, -0.05) is 18.6 Å². The number of aliphatic hydroxyl groups excluding tert-OH is 1. The van der Waals surface area contributed by atoms with Gasteiger partial charge in [0.2, 0.25) is 0 Å². The van der Waals surface area contributed by atoms with Gasteiger partial charge in [-0.3, -0.25) is 0 Å². The van der Waals surface area contributed by atoms with Crippen LogP contribution in [0.3, 0.4) is 0 Å². The third-order valence-corrected chi connectivity index (χ3v) is 3.06. The normalized spacial score (nSPS) is 28.7. The molecule has 2 nitrogen and oxygen atoms in total. The topological polar surface area (TPSA) is 32.3 Å². The fourth-order valence-corrected chi connectivity index (χ4v) is 2.46. The molecular formula is C13H25NO. The molecule has 3 unspecified atom stereocenters. The molecule has 15 heavy (non-hydrogen) atoms. The molecule has 0 saturated heterocycles. The van der Waals surface area contributed by atoms with Crippen molar-refractivity contribution in [3.8, 4) is 0 Å². The summed E-state index contributed by atoms with van der Waals surface area (Å²) < 4.78 is 0. The summed E-state index contributed by atoms with van der Waals surface area (Å²) in [5.41, 5.74) is 1.54. The van der Waals surface area contributed by atoms with Gasteiger partial charge in [0.1, 0.15) is 0 Å². The minimum Gasteiger partial charge on any atom is -0.393 e. The molecule has 1 aliphatic carbocycles. The molecule has 0 aromatic heterocycles. The number of allylic oxidation sites excluding steroid dienone is 2. The molecule has 88 valence electrons. The van der Waals surface area contributed by atoms with Crippen LogP contribution in [0.1, 0.15) is 40.0 Å². The van der Waals surface area contributed by atoms with Crippen molar-refractivity contribution in [3.63, 3.8) is 0 Å². The lowest BCUT2D eigenvalue weighted by Gasteiger charge is -2.25. The van der Waals surface area contributed by atoms with Gasteiger partial charge in [0, 0.05) is 0 Å². The minimum atomic E-state index is -0.176. The van der Waals surface area contributed by atoms with Crippen molar-refractivity contribution >= 4 is 0 Å². The first kappa shape index (κ1) is 12.7. The Kier molecular flexibility index (Phi) is 5.34. The molecule has 3 atom stereocenters. The lowest BCUT2D eigenvalue weighted by atomic mass is 9.84. The van der Waals surface area contributed by atoms with Gasteiger partial charge in [0.15, 0.2) is 0 Å². The third kappa shape index (κ3) is 5.33. The van der Waals surface area contributed by atoms with Crippen LogP contribution in [0.25, 0.3) is 0 Å². The van der Waals surface area contributed by atoms with Gasteiger partial charge in [-0.25, -0.2) is 0 Å². The first-order valence-electron chi connectivity index (χ1n) is 6.14. The Hall–Kier alpha value is -0.340. The Morgan fingerprint density at radius 3 is 2.93 bits per heavy atom. The van der Waals surface area contributed by atoms with E-state index >= 15 is 0 Å². The van der Waals surface area contributed by atoms with Gasteiger partial charge in [-0.2, -0.15) is 0 Å². The van der Waals surface area contributed by atoms with E-state index in [-0.39, 0.29) is 6.10 Å². The Morgan fingerprint density at radius 1 is 1.60 bits per heavy atom. The number of nitrogens with one attached hydrogen (secondary N) is 1. The Bertz CT molecular complexity index is 211. The Morgan fingerprint density at radius 2 is 2.33 bits per heavy atom. The fraction of sp³-hybridized carbons (Fsp3) is 0.846. The van der Waals surface area contributed by atoms with Crippen molar-refractivity contribution < 1.29 is 5.11 Å². The van der Waals surface area contributed by atoms with Crippen molar-refractivity contribution in [1.29, 1.82) is 0 Å². The van der Waals surface area contributed by atoms with Crippen LogP contribution in [-0.4, -0.2) is 24.3 Å². The molecule has 0 aromatic carbocycles. The average molecular weight is 211 g/mol. The minimum absolute atomic E-state index is 0.176. The zero-order valence-corrected chi connectivity index (χ0v) is 10.3. The molecule has 1 aliphatic rings. The van der Waals surface area contributed by atoms with E-state index in [9.17, 15) is 0 Å². The third-order valence-electron chi connectivity index (χ3n) is 3.06. The molecule has 0 amide bonds. The zero-order valence-electron chi connectivity index (χ0n) is 10.3. The molecule has 2 N–H and O–H groups in total. The second kappa shape index (κ2) is 6.29. The van der Waals surface area contributed by atoms with Crippen LogP contribution < -0.4 is 5.32 Å². The summed E-state index contributed by atoms with van der Waals surface area (Å²) in [4.78, 5) is 0. The van der Waals surface area contributed by atoms with Crippen molar-refractivity contribution in [2.75, 3.05) is 13.1 Å². The monoisotopic (exact) mass is 211 g/mol. The lowest BCUT2D eigenvalue weighted by molar-refractivity contribution is 0.182. The van der Waals surface area contributed by atoms with Crippen LogP contribution >= 0.6 is 0 Å². The van der Waals surface area contributed by atoms with Crippen molar-refractivity contribution in [1.82, 2.24) is 5.32 Å². The van der Waals surface area contributed by atoms with Crippen LogP contribution in [0.2, 0.25) is 0 Å². The molecule has 0 aliphatic heterocycles. The summed E-state index contributed by atoms with van der Waals surface area (Å²) in [5, 5.41) is 12.6. The van der Waals surface area contributed by atoms with E-state index in [1.165, 1.54) is 18.4 Å². The highest BCUT2D eigenvalue weighted by Crippen LogP contribution is 2.27. The highest BCUT2D eigenvalue weighted by Gasteiger charge is 2.17. The summed E-state index contributed by atoms with van der Waals surface area (Å²) in [6.07, 6.45) is 5.62. The molecule has 0 radical (unpaired) electrons. The van der Waals surface area contributed by atoms with Gasteiger partial charge in [-0.05, 0) is 58.0 Å². The first-order valence-corrected chi connectivity index (χ1v) is 6.14. The maximum atomic E-state index is 9.12. The number of rotatable bonds is 5. The molecule has 0 saturated carbocycles. The zero-order chi connectivity index (χ0) is 11.3. The van der Waals surface area contributed by atoms with Gasteiger partial charge in [-0.15, -0.1) is 0 Å². The summed E-state index contributed by atoms with van der Waals surface area (Å²) in [6, 6.07) is 0. The van der Waals surface area contributed by atoms with E-state index in [0.717, 1.165) is 31.3 Å². The Labute approximate surface area is 93.8 Å². The van der Waals surface area contributed by atoms with Gasteiger partial charge in [0.25, 0.3) is 0 Å². The first-order chi connectivity index (χ1) is 7.08. The molecule has 0 fully saturated rings. The van der Waals surface area contributed by atoms with Gasteiger partial charge >= 0.3 is 0 Å². The summed E-state index contributed by atoms with van der Waals surface area (Å²) in [5.74, 6) is 1.53. The molecule has 0 spiro atoms. The Balaban J connectivity index is 2.15.